The topological polar surface area (TPSA) is 107 Å². The Hall–Kier alpha value is -3.56. The molecule has 8 nitrogen and oxygen atoms in total. The maximum Gasteiger partial charge on any atom is 0.184 e. The number of nitrogens with two attached hydrogens (primary N) is 1. The average Bonchev–Trinajstić information content (AvgIpc) is 3.47. The number of H-pyrrole nitrogens is 1. The Bertz CT molecular complexity index is 1320. The Morgan fingerprint density at radius 3 is 2.67 bits per heavy atom. The van der Waals surface area contributed by atoms with Crippen LogP contribution in [0.25, 0.3) is 33.3 Å². The third-order valence-electron chi connectivity index (χ3n) is 5.86. The van der Waals surface area contributed by atoms with Crippen LogP contribution in [0.2, 0.25) is 0 Å². The molecule has 1 saturated heterocycles. The van der Waals surface area contributed by atoms with Crippen molar-refractivity contribution in [2.45, 2.75) is 12.8 Å². The summed E-state index contributed by atoms with van der Waals surface area (Å²) in [6.07, 6.45) is 4.27. The Labute approximate surface area is 197 Å². The zero-order valence-corrected chi connectivity index (χ0v) is 19.0. The SMILES string of the molecule is NC(=S)N/N=C/c1c(-c2nc(NCCN3CCCC3)c3ccccc3n2)[nH]c2ccccc12. The second-order valence-electron chi connectivity index (χ2n) is 8.08. The van der Waals surface area contributed by atoms with Crippen LogP contribution in [0, 0.1) is 0 Å². The molecule has 0 aliphatic carbocycles. The van der Waals surface area contributed by atoms with Crippen molar-refractivity contribution in [1.29, 1.82) is 0 Å². The number of thiocarbonyl (C=S) groups is 1. The summed E-state index contributed by atoms with van der Waals surface area (Å²) in [5, 5.41) is 9.87. The van der Waals surface area contributed by atoms with Crippen LogP contribution < -0.4 is 16.5 Å². The minimum Gasteiger partial charge on any atom is -0.375 e. The number of para-hydroxylation sites is 2. The second-order valence-corrected chi connectivity index (χ2v) is 8.52. The van der Waals surface area contributed by atoms with Gasteiger partial charge in [0.1, 0.15) is 5.82 Å². The molecule has 5 N–H and O–H groups in total. The highest BCUT2D eigenvalue weighted by atomic mass is 32.1. The standard InChI is InChI=1S/C24H26N8S/c25-24(33)31-27-15-18-16-7-1-3-9-19(16)28-21(18)23-29-20-10-4-2-8-17(20)22(30-23)26-11-14-32-12-5-6-13-32/h1-4,7-10,15,28H,5-6,11-14H2,(H3,25,31,33)(H,26,29,30)/b27-15+. The number of benzene rings is 2. The Kier molecular flexibility index (Phi) is 6.14. The van der Waals surface area contributed by atoms with Gasteiger partial charge in [0.05, 0.1) is 17.4 Å². The number of hydrazone groups is 1. The van der Waals surface area contributed by atoms with E-state index in [0.29, 0.717) is 5.82 Å². The number of aromatic nitrogens is 3. The smallest absolute Gasteiger partial charge is 0.184 e. The highest BCUT2D eigenvalue weighted by Crippen LogP contribution is 2.30. The van der Waals surface area contributed by atoms with Crippen molar-refractivity contribution in [2.24, 2.45) is 10.8 Å². The van der Waals surface area contributed by atoms with Crippen LogP contribution in [0.15, 0.2) is 53.6 Å². The lowest BCUT2D eigenvalue weighted by molar-refractivity contribution is 0.352. The van der Waals surface area contributed by atoms with E-state index in [9.17, 15) is 0 Å². The molecule has 1 fully saturated rings. The highest BCUT2D eigenvalue weighted by molar-refractivity contribution is 7.80. The monoisotopic (exact) mass is 458 g/mol. The molecule has 0 saturated carbocycles. The predicted molar refractivity (Wildman–Crippen MR) is 139 cm³/mol. The first-order valence-corrected chi connectivity index (χ1v) is 11.5. The first-order chi connectivity index (χ1) is 16.2. The Morgan fingerprint density at radius 2 is 1.85 bits per heavy atom. The average molecular weight is 459 g/mol. The number of anilines is 1. The zero-order chi connectivity index (χ0) is 22.6. The van der Waals surface area contributed by atoms with E-state index in [1.807, 2.05) is 42.5 Å². The Morgan fingerprint density at radius 1 is 1.09 bits per heavy atom. The second kappa shape index (κ2) is 9.51. The van der Waals surface area contributed by atoms with Gasteiger partial charge in [-0.1, -0.05) is 30.3 Å². The van der Waals surface area contributed by atoms with Crippen LogP contribution in [0.3, 0.4) is 0 Å². The van der Waals surface area contributed by atoms with Crippen LogP contribution >= 0.6 is 12.2 Å². The summed E-state index contributed by atoms with van der Waals surface area (Å²) in [5.41, 5.74) is 11.7. The van der Waals surface area contributed by atoms with E-state index in [2.05, 4.69) is 31.8 Å². The van der Waals surface area contributed by atoms with Gasteiger partial charge < -0.3 is 20.9 Å². The van der Waals surface area contributed by atoms with E-state index in [0.717, 1.165) is 52.0 Å². The predicted octanol–water partition coefficient (Wildman–Crippen LogP) is 3.45. The van der Waals surface area contributed by atoms with Gasteiger partial charge >= 0.3 is 0 Å². The molecule has 4 aromatic rings. The summed E-state index contributed by atoms with van der Waals surface area (Å²) in [6, 6.07) is 16.1. The summed E-state index contributed by atoms with van der Waals surface area (Å²) in [7, 11) is 0. The Balaban J connectivity index is 1.55. The van der Waals surface area contributed by atoms with Gasteiger partial charge in [0.25, 0.3) is 0 Å². The van der Waals surface area contributed by atoms with E-state index in [1.54, 1.807) is 6.21 Å². The van der Waals surface area contributed by atoms with Gasteiger partial charge in [-0.25, -0.2) is 9.97 Å². The van der Waals surface area contributed by atoms with Crippen molar-refractivity contribution in [2.75, 3.05) is 31.5 Å². The molecule has 0 bridgehead atoms. The van der Waals surface area contributed by atoms with E-state index < -0.39 is 0 Å². The molecule has 3 heterocycles. The lowest BCUT2D eigenvalue weighted by Crippen LogP contribution is -2.26. The largest absolute Gasteiger partial charge is 0.375 e. The number of rotatable bonds is 7. The van der Waals surface area contributed by atoms with Gasteiger partial charge in [0.2, 0.25) is 0 Å². The molecule has 9 heteroatoms. The molecular formula is C24H26N8S. The van der Waals surface area contributed by atoms with Crippen molar-refractivity contribution in [1.82, 2.24) is 25.3 Å². The molecule has 0 radical (unpaired) electrons. The quantitative estimate of drug-likeness (QED) is 0.191. The summed E-state index contributed by atoms with van der Waals surface area (Å²) in [5.74, 6) is 1.43. The molecule has 0 unspecified atom stereocenters. The lowest BCUT2D eigenvalue weighted by atomic mass is 10.1. The van der Waals surface area contributed by atoms with Gasteiger partial charge in [0, 0.05) is 34.9 Å². The number of nitrogens with one attached hydrogen (secondary N) is 3. The zero-order valence-electron chi connectivity index (χ0n) is 18.2. The summed E-state index contributed by atoms with van der Waals surface area (Å²) < 4.78 is 0. The van der Waals surface area contributed by atoms with Gasteiger partial charge in [-0.15, -0.1) is 0 Å². The number of aromatic amines is 1. The van der Waals surface area contributed by atoms with Gasteiger partial charge in [-0.3, -0.25) is 5.43 Å². The molecule has 0 atom stereocenters. The first-order valence-electron chi connectivity index (χ1n) is 11.1. The van der Waals surface area contributed by atoms with Crippen molar-refractivity contribution >= 4 is 51.2 Å². The number of likely N-dealkylation sites (tertiary alicyclic amines) is 1. The minimum absolute atomic E-state index is 0.110. The van der Waals surface area contributed by atoms with E-state index in [-0.39, 0.29) is 5.11 Å². The third kappa shape index (κ3) is 4.64. The van der Waals surface area contributed by atoms with Crippen molar-refractivity contribution in [3.05, 3.63) is 54.1 Å². The summed E-state index contributed by atoms with van der Waals surface area (Å²) >= 11 is 4.87. The molecule has 33 heavy (non-hydrogen) atoms. The molecule has 5 rings (SSSR count). The molecule has 2 aromatic heterocycles. The van der Waals surface area contributed by atoms with Gasteiger partial charge in [-0.05, 0) is 56.3 Å². The molecule has 2 aromatic carbocycles. The normalized spacial score (nSPS) is 14.4. The fourth-order valence-electron chi connectivity index (χ4n) is 4.30. The van der Waals surface area contributed by atoms with Crippen molar-refractivity contribution in [3.63, 3.8) is 0 Å². The third-order valence-corrected chi connectivity index (χ3v) is 5.95. The maximum atomic E-state index is 5.53. The summed E-state index contributed by atoms with van der Waals surface area (Å²) in [6.45, 7) is 4.19. The molecule has 0 amide bonds. The first kappa shape index (κ1) is 21.3. The van der Waals surface area contributed by atoms with Crippen molar-refractivity contribution in [3.8, 4) is 11.5 Å². The summed E-state index contributed by atoms with van der Waals surface area (Å²) in [4.78, 5) is 15.7. The fourth-order valence-corrected chi connectivity index (χ4v) is 4.35. The molecule has 1 aliphatic rings. The molecule has 168 valence electrons. The van der Waals surface area contributed by atoms with E-state index in [4.69, 9.17) is 27.9 Å². The highest BCUT2D eigenvalue weighted by Gasteiger charge is 2.17. The van der Waals surface area contributed by atoms with Gasteiger partial charge in [-0.2, -0.15) is 5.10 Å². The number of nitrogens with zero attached hydrogens (tertiary/aromatic N) is 4. The van der Waals surface area contributed by atoms with Crippen LogP contribution in [0.4, 0.5) is 5.82 Å². The molecule has 1 aliphatic heterocycles. The van der Waals surface area contributed by atoms with Gasteiger partial charge in [0.15, 0.2) is 10.9 Å². The van der Waals surface area contributed by atoms with Crippen LogP contribution in [0.1, 0.15) is 18.4 Å². The lowest BCUT2D eigenvalue weighted by Gasteiger charge is -2.16. The van der Waals surface area contributed by atoms with Crippen LogP contribution in [-0.4, -0.2) is 57.4 Å². The van der Waals surface area contributed by atoms with E-state index >= 15 is 0 Å². The van der Waals surface area contributed by atoms with Crippen LogP contribution in [0.5, 0.6) is 0 Å². The fraction of sp³-hybridized carbons (Fsp3) is 0.250. The van der Waals surface area contributed by atoms with Crippen LogP contribution in [-0.2, 0) is 0 Å². The van der Waals surface area contributed by atoms with Crippen molar-refractivity contribution < 1.29 is 0 Å². The molecular weight excluding hydrogens is 432 g/mol. The van der Waals surface area contributed by atoms with E-state index in [1.165, 1.54) is 25.9 Å². The maximum absolute atomic E-state index is 5.53. The number of fused-ring (bicyclic) bond motifs is 2. The molecule has 0 spiro atoms. The minimum atomic E-state index is 0.110. The number of hydrogen-bond acceptors (Lipinski definition) is 6. The number of hydrogen-bond donors (Lipinski definition) is 4.